The summed E-state index contributed by atoms with van der Waals surface area (Å²) >= 11 is 0. The van der Waals surface area contributed by atoms with Crippen molar-refractivity contribution >= 4 is 5.91 Å². The zero-order chi connectivity index (χ0) is 15.2. The van der Waals surface area contributed by atoms with E-state index < -0.39 is 11.9 Å². The third-order valence-corrected chi connectivity index (χ3v) is 3.24. The van der Waals surface area contributed by atoms with Crippen molar-refractivity contribution in [3.63, 3.8) is 0 Å². The zero-order valence-electron chi connectivity index (χ0n) is 11.5. The van der Waals surface area contributed by atoms with Gasteiger partial charge in [0, 0.05) is 12.1 Å². The fourth-order valence-electron chi connectivity index (χ4n) is 2.18. The number of rotatable bonds is 2. The average Bonchev–Trinajstić information content (AvgIpc) is 2.52. The van der Waals surface area contributed by atoms with E-state index in [0.717, 1.165) is 0 Å². The maximum atomic E-state index is 13.3. The minimum Gasteiger partial charge on any atom is -0.394 e. The maximum Gasteiger partial charge on any atom is 0.255 e. The first kappa shape index (κ1) is 15.4. The number of benzene rings is 1. The second-order valence-corrected chi connectivity index (χ2v) is 4.61. The largest absolute Gasteiger partial charge is 0.394 e. The van der Waals surface area contributed by atoms with Gasteiger partial charge in [-0.2, -0.15) is 0 Å². The fraction of sp³-hybridized carbons (Fsp3) is 0.400. The summed E-state index contributed by atoms with van der Waals surface area (Å²) in [7, 11) is 0. The van der Waals surface area contributed by atoms with Crippen LogP contribution in [0.25, 0.3) is 0 Å². The molecule has 0 aromatic heterocycles. The molecule has 1 aliphatic heterocycles. The molecule has 1 unspecified atom stereocenters. The first-order valence-corrected chi connectivity index (χ1v) is 6.65. The summed E-state index contributed by atoms with van der Waals surface area (Å²) in [5.74, 6) is 4.57. The van der Waals surface area contributed by atoms with Gasteiger partial charge in [-0.05, 0) is 18.2 Å². The predicted molar refractivity (Wildman–Crippen MR) is 75.1 cm³/mol. The number of nitrogens with two attached hydrogens (primary N) is 1. The van der Waals surface area contributed by atoms with E-state index in [0.29, 0.717) is 24.3 Å². The van der Waals surface area contributed by atoms with E-state index in [1.165, 1.54) is 23.1 Å². The molecule has 1 aliphatic rings. The second-order valence-electron chi connectivity index (χ2n) is 4.61. The molecule has 112 valence electrons. The van der Waals surface area contributed by atoms with E-state index in [2.05, 4.69) is 11.8 Å². The summed E-state index contributed by atoms with van der Waals surface area (Å²) in [5, 5.41) is 9.33. The van der Waals surface area contributed by atoms with Gasteiger partial charge in [0.25, 0.3) is 5.91 Å². The molecule has 0 radical (unpaired) electrons. The highest BCUT2D eigenvalue weighted by molar-refractivity contribution is 5.97. The first-order chi connectivity index (χ1) is 10.2. The molecular formula is C15H17FN2O3. The number of hydrogen-bond acceptors (Lipinski definition) is 4. The molecule has 0 bridgehead atoms. The van der Waals surface area contributed by atoms with Crippen LogP contribution in [0.3, 0.4) is 0 Å². The second kappa shape index (κ2) is 7.18. The van der Waals surface area contributed by atoms with E-state index in [-0.39, 0.29) is 25.7 Å². The summed E-state index contributed by atoms with van der Waals surface area (Å²) in [4.78, 5) is 14.1. The molecule has 2 rings (SSSR count). The van der Waals surface area contributed by atoms with Crippen LogP contribution in [-0.4, -0.2) is 54.9 Å². The number of carbonyl (C=O) groups excluding carboxylic acids is 1. The molecule has 6 heteroatoms. The van der Waals surface area contributed by atoms with Gasteiger partial charge in [0.1, 0.15) is 5.82 Å². The molecule has 5 nitrogen and oxygen atoms in total. The molecule has 1 aromatic rings. The Morgan fingerprint density at radius 1 is 1.57 bits per heavy atom. The van der Waals surface area contributed by atoms with Crippen molar-refractivity contribution in [3.8, 4) is 11.8 Å². The van der Waals surface area contributed by atoms with Crippen LogP contribution >= 0.6 is 0 Å². The number of morpholine rings is 1. The van der Waals surface area contributed by atoms with Gasteiger partial charge in [-0.25, -0.2) is 4.39 Å². The number of amides is 1. The Bertz CT molecular complexity index is 580. The third kappa shape index (κ3) is 3.58. The Kier molecular flexibility index (Phi) is 5.28. The van der Waals surface area contributed by atoms with Crippen LogP contribution in [0.1, 0.15) is 15.9 Å². The third-order valence-electron chi connectivity index (χ3n) is 3.24. The highest BCUT2D eigenvalue weighted by Gasteiger charge is 2.28. The lowest BCUT2D eigenvalue weighted by Gasteiger charge is -2.34. The van der Waals surface area contributed by atoms with Crippen molar-refractivity contribution in [2.45, 2.75) is 6.04 Å². The quantitative estimate of drug-likeness (QED) is 0.751. The van der Waals surface area contributed by atoms with Crippen LogP contribution in [0.2, 0.25) is 0 Å². The Labute approximate surface area is 122 Å². The Morgan fingerprint density at radius 3 is 3.10 bits per heavy atom. The van der Waals surface area contributed by atoms with Crippen molar-refractivity contribution in [2.75, 3.05) is 32.9 Å². The summed E-state index contributed by atoms with van der Waals surface area (Å²) in [6, 6.07) is 3.44. The average molecular weight is 292 g/mol. The molecule has 3 N–H and O–H groups in total. The number of hydrogen-bond donors (Lipinski definition) is 2. The molecule has 1 heterocycles. The first-order valence-electron chi connectivity index (χ1n) is 6.65. The van der Waals surface area contributed by atoms with Crippen molar-refractivity contribution in [2.24, 2.45) is 5.73 Å². The van der Waals surface area contributed by atoms with Gasteiger partial charge in [-0.15, -0.1) is 0 Å². The predicted octanol–water partition coefficient (Wildman–Crippen LogP) is -0.0308. The Morgan fingerprint density at radius 2 is 2.38 bits per heavy atom. The van der Waals surface area contributed by atoms with Gasteiger partial charge in [0.15, 0.2) is 0 Å². The molecule has 0 spiro atoms. The Balaban J connectivity index is 2.33. The summed E-state index contributed by atoms with van der Waals surface area (Å²) in [6.45, 7) is 1.02. The fourth-order valence-corrected chi connectivity index (χ4v) is 2.18. The lowest BCUT2D eigenvalue weighted by atomic mass is 10.0. The van der Waals surface area contributed by atoms with Crippen LogP contribution < -0.4 is 5.73 Å². The van der Waals surface area contributed by atoms with Gasteiger partial charge < -0.3 is 20.5 Å². The summed E-state index contributed by atoms with van der Waals surface area (Å²) in [6.07, 6.45) is 0. The topological polar surface area (TPSA) is 75.8 Å². The number of aliphatic hydroxyl groups is 1. The van der Waals surface area contributed by atoms with Crippen LogP contribution in [-0.2, 0) is 4.74 Å². The highest BCUT2D eigenvalue weighted by Crippen LogP contribution is 2.17. The molecule has 1 atom stereocenters. The number of nitrogens with zero attached hydrogens (tertiary/aromatic N) is 1. The van der Waals surface area contributed by atoms with Gasteiger partial charge in [0.2, 0.25) is 0 Å². The van der Waals surface area contributed by atoms with Gasteiger partial charge in [-0.1, -0.05) is 11.8 Å². The molecule has 21 heavy (non-hydrogen) atoms. The van der Waals surface area contributed by atoms with Crippen molar-refractivity contribution in [1.29, 1.82) is 0 Å². The van der Waals surface area contributed by atoms with Crippen LogP contribution in [0.5, 0.6) is 0 Å². The summed E-state index contributed by atoms with van der Waals surface area (Å²) in [5.41, 5.74) is 5.92. The van der Waals surface area contributed by atoms with Crippen LogP contribution in [0.15, 0.2) is 18.2 Å². The van der Waals surface area contributed by atoms with Gasteiger partial charge in [-0.3, -0.25) is 4.79 Å². The molecule has 1 amide bonds. The monoisotopic (exact) mass is 292 g/mol. The van der Waals surface area contributed by atoms with Crippen molar-refractivity contribution < 1.29 is 19.0 Å². The van der Waals surface area contributed by atoms with Gasteiger partial charge >= 0.3 is 0 Å². The van der Waals surface area contributed by atoms with E-state index in [1.54, 1.807) is 0 Å². The van der Waals surface area contributed by atoms with Crippen molar-refractivity contribution in [1.82, 2.24) is 4.90 Å². The van der Waals surface area contributed by atoms with Gasteiger partial charge in [0.05, 0.1) is 38.0 Å². The lowest BCUT2D eigenvalue weighted by molar-refractivity contribution is -0.0184. The minimum atomic E-state index is -0.464. The number of carbonyl (C=O) groups is 1. The van der Waals surface area contributed by atoms with E-state index in [9.17, 15) is 14.3 Å². The number of ether oxygens (including phenoxy) is 1. The molecular weight excluding hydrogens is 275 g/mol. The van der Waals surface area contributed by atoms with Crippen LogP contribution in [0, 0.1) is 17.7 Å². The molecule has 0 aliphatic carbocycles. The number of aliphatic hydroxyl groups excluding tert-OH is 1. The minimum absolute atomic E-state index is 0.126. The van der Waals surface area contributed by atoms with Crippen molar-refractivity contribution in [3.05, 3.63) is 35.1 Å². The molecule has 1 fully saturated rings. The molecule has 1 aromatic carbocycles. The normalized spacial score (nSPS) is 18.0. The van der Waals surface area contributed by atoms with E-state index >= 15 is 0 Å². The summed E-state index contributed by atoms with van der Waals surface area (Å²) < 4.78 is 18.6. The van der Waals surface area contributed by atoms with E-state index in [4.69, 9.17) is 10.5 Å². The molecule has 1 saturated heterocycles. The van der Waals surface area contributed by atoms with Crippen LogP contribution in [0.4, 0.5) is 4.39 Å². The Hall–Kier alpha value is -1.94. The lowest BCUT2D eigenvalue weighted by Crippen LogP contribution is -2.50. The molecule has 0 saturated carbocycles. The smallest absolute Gasteiger partial charge is 0.255 e. The van der Waals surface area contributed by atoms with E-state index in [1.807, 2.05) is 0 Å². The standard InChI is InChI=1S/C15H17FN2O3/c16-12-3-4-14(11(8-12)2-1-5-17)15(20)18-6-7-21-10-13(18)9-19/h3-4,8,13,19H,5-7,9-10,17H2. The maximum absolute atomic E-state index is 13.3. The SMILES string of the molecule is NCC#Cc1cc(F)ccc1C(=O)N1CCOCC1CO. The highest BCUT2D eigenvalue weighted by atomic mass is 19.1. The number of halogens is 1. The zero-order valence-corrected chi connectivity index (χ0v) is 11.5.